The maximum atomic E-state index is 12.5. The molecule has 6 rings (SSSR count). The van der Waals surface area contributed by atoms with Crippen molar-refractivity contribution < 1.29 is 9.53 Å². The minimum atomic E-state index is -0.232. The summed E-state index contributed by atoms with van der Waals surface area (Å²) in [5, 5.41) is 7.03. The Labute approximate surface area is 244 Å². The Hall–Kier alpha value is -4.95. The highest BCUT2D eigenvalue weighted by Crippen LogP contribution is 2.42. The highest BCUT2D eigenvalue weighted by atomic mass is 32.1. The monoisotopic (exact) mass is 559 g/mol. The fourth-order valence-electron chi connectivity index (χ4n) is 5.08. The summed E-state index contributed by atoms with van der Waals surface area (Å²) in [6.45, 7) is 2.01. The van der Waals surface area contributed by atoms with E-state index in [1.54, 1.807) is 6.20 Å². The van der Waals surface area contributed by atoms with Crippen molar-refractivity contribution in [2.24, 2.45) is 0 Å². The van der Waals surface area contributed by atoms with Crippen LogP contribution in [0.3, 0.4) is 0 Å². The van der Waals surface area contributed by atoms with Crippen molar-refractivity contribution in [2.45, 2.75) is 19.0 Å². The van der Waals surface area contributed by atoms with E-state index in [1.165, 1.54) is 5.56 Å². The molecule has 1 amide bonds. The number of amides is 1. The molecule has 5 aromatic rings. The minimum Gasteiger partial charge on any atom is -0.484 e. The third-order valence-corrected chi connectivity index (χ3v) is 7.35. The number of carbonyl (C=O) groups is 1. The molecule has 0 radical (unpaired) electrons. The maximum absolute atomic E-state index is 12.5. The number of nitrogens with zero attached hydrogens (tertiary/aromatic N) is 3. The normalized spacial score (nSPS) is 16.3. The smallest absolute Gasteiger partial charge is 0.262 e. The second kappa shape index (κ2) is 11.7. The number of rotatable bonds is 8. The predicted molar refractivity (Wildman–Crippen MR) is 165 cm³/mol. The van der Waals surface area contributed by atoms with Gasteiger partial charge in [0.1, 0.15) is 11.8 Å². The lowest BCUT2D eigenvalue weighted by molar-refractivity contribution is -0.118. The molecule has 41 heavy (non-hydrogen) atoms. The van der Waals surface area contributed by atoms with Crippen molar-refractivity contribution in [3.05, 3.63) is 139 Å². The second-order valence-corrected chi connectivity index (χ2v) is 10.2. The fraction of sp³-hybridized carbons (Fsp3) is 0.121. The Balaban J connectivity index is 1.28. The molecule has 1 fully saturated rings. The molecule has 0 spiro atoms. The van der Waals surface area contributed by atoms with Gasteiger partial charge in [-0.15, -0.1) is 0 Å². The van der Waals surface area contributed by atoms with Crippen LogP contribution in [-0.4, -0.2) is 27.2 Å². The van der Waals surface area contributed by atoms with Crippen LogP contribution < -0.4 is 20.3 Å². The first kappa shape index (κ1) is 26.3. The average molecular weight is 560 g/mol. The van der Waals surface area contributed by atoms with Crippen molar-refractivity contribution in [2.75, 3.05) is 16.8 Å². The van der Waals surface area contributed by atoms with Crippen LogP contribution in [0.1, 0.15) is 29.0 Å². The van der Waals surface area contributed by atoms with Gasteiger partial charge < -0.3 is 24.8 Å². The van der Waals surface area contributed by atoms with Gasteiger partial charge in [0.15, 0.2) is 11.7 Å². The molecule has 0 bridgehead atoms. The first-order chi connectivity index (χ1) is 20.1. The number of aromatic nitrogens is 2. The number of benzene rings is 3. The van der Waals surface area contributed by atoms with Crippen LogP contribution in [0.15, 0.2) is 122 Å². The van der Waals surface area contributed by atoms with Crippen LogP contribution in [0.4, 0.5) is 11.4 Å². The second-order valence-electron chi connectivity index (χ2n) is 9.83. The number of thiocarbonyl (C=S) groups is 1. The molecule has 2 atom stereocenters. The van der Waals surface area contributed by atoms with Crippen molar-refractivity contribution in [1.29, 1.82) is 0 Å². The van der Waals surface area contributed by atoms with Crippen LogP contribution >= 0.6 is 12.2 Å². The van der Waals surface area contributed by atoms with Gasteiger partial charge in [0.25, 0.3) is 5.91 Å². The third-order valence-electron chi connectivity index (χ3n) is 7.04. The molecule has 0 saturated carbocycles. The lowest BCUT2D eigenvalue weighted by atomic mass is 10.0. The Bertz CT molecular complexity index is 1640. The molecular weight excluding hydrogens is 530 g/mol. The van der Waals surface area contributed by atoms with Crippen molar-refractivity contribution in [3.8, 4) is 11.4 Å². The number of carbonyl (C=O) groups excluding carboxylic acids is 1. The zero-order chi connectivity index (χ0) is 28.2. The van der Waals surface area contributed by atoms with Crippen LogP contribution in [-0.2, 0) is 4.79 Å². The first-order valence-corrected chi connectivity index (χ1v) is 13.8. The Morgan fingerprint density at radius 2 is 1.63 bits per heavy atom. The minimum absolute atomic E-state index is 0.0737. The number of anilines is 2. The molecule has 2 N–H and O–H groups in total. The zero-order valence-corrected chi connectivity index (χ0v) is 23.3. The van der Waals surface area contributed by atoms with E-state index in [9.17, 15) is 4.79 Å². The summed E-state index contributed by atoms with van der Waals surface area (Å²) in [5.41, 5.74) is 5.84. The largest absolute Gasteiger partial charge is 0.484 e. The van der Waals surface area contributed by atoms with Gasteiger partial charge in [-0.1, -0.05) is 42.0 Å². The third kappa shape index (κ3) is 5.69. The van der Waals surface area contributed by atoms with Gasteiger partial charge in [0, 0.05) is 35.1 Å². The highest BCUT2D eigenvalue weighted by Gasteiger charge is 2.42. The molecule has 0 aliphatic carbocycles. The topological polar surface area (TPSA) is 71.4 Å². The van der Waals surface area contributed by atoms with E-state index in [2.05, 4.69) is 74.6 Å². The van der Waals surface area contributed by atoms with Crippen molar-refractivity contribution in [3.63, 3.8) is 0 Å². The van der Waals surface area contributed by atoms with E-state index in [0.29, 0.717) is 16.5 Å². The molecule has 2 aromatic heterocycles. The molecular formula is C33H29N5O2S. The number of pyridine rings is 1. The van der Waals surface area contributed by atoms with E-state index in [1.807, 2.05) is 72.8 Å². The summed E-state index contributed by atoms with van der Waals surface area (Å²) in [4.78, 5) is 19.3. The summed E-state index contributed by atoms with van der Waals surface area (Å²) in [6.07, 6.45) is 3.88. The maximum Gasteiger partial charge on any atom is 0.262 e. The van der Waals surface area contributed by atoms with Crippen LogP contribution in [0, 0.1) is 6.92 Å². The fourth-order valence-corrected chi connectivity index (χ4v) is 5.42. The van der Waals surface area contributed by atoms with E-state index in [-0.39, 0.29) is 24.6 Å². The molecule has 1 aliphatic rings. The molecule has 3 heterocycles. The summed E-state index contributed by atoms with van der Waals surface area (Å²) in [5.74, 6) is 0.418. The van der Waals surface area contributed by atoms with E-state index >= 15 is 0 Å². The van der Waals surface area contributed by atoms with Crippen LogP contribution in [0.2, 0.25) is 0 Å². The van der Waals surface area contributed by atoms with Gasteiger partial charge in [-0.3, -0.25) is 9.78 Å². The Morgan fingerprint density at radius 3 is 2.37 bits per heavy atom. The molecule has 204 valence electrons. The van der Waals surface area contributed by atoms with Gasteiger partial charge in [0.2, 0.25) is 0 Å². The molecule has 3 aromatic carbocycles. The summed E-state index contributed by atoms with van der Waals surface area (Å²) < 4.78 is 7.77. The van der Waals surface area contributed by atoms with Gasteiger partial charge in [-0.05, 0) is 91.9 Å². The van der Waals surface area contributed by atoms with Gasteiger partial charge in [0.05, 0.1) is 11.7 Å². The van der Waals surface area contributed by atoms with E-state index < -0.39 is 0 Å². The standard InChI is InChI=1S/C33H29N5O2S/c1-23-12-16-25(17-13-23)37-21-7-11-29(37)32-31(28-10-5-6-20-34-28)36-33(41)38(32)26-18-14-24(15-19-26)35-30(39)22-40-27-8-3-2-4-9-27/h2-21,31-32H,22H2,1H3,(H,35,39)(H,36,41)/t31-,32-/m0/s1. The number of hydrogen-bond acceptors (Lipinski definition) is 4. The quantitative estimate of drug-likeness (QED) is 0.215. The predicted octanol–water partition coefficient (Wildman–Crippen LogP) is 6.38. The van der Waals surface area contributed by atoms with Crippen molar-refractivity contribution >= 4 is 34.6 Å². The first-order valence-electron chi connectivity index (χ1n) is 13.4. The van der Waals surface area contributed by atoms with Crippen LogP contribution in [0.25, 0.3) is 5.69 Å². The molecule has 7 nitrogen and oxygen atoms in total. The summed E-state index contributed by atoms with van der Waals surface area (Å²) in [6, 6.07) is 35.2. The highest BCUT2D eigenvalue weighted by molar-refractivity contribution is 7.80. The number of nitrogens with one attached hydrogen (secondary N) is 2. The summed E-state index contributed by atoms with van der Waals surface area (Å²) >= 11 is 5.90. The Morgan fingerprint density at radius 1 is 0.902 bits per heavy atom. The van der Waals surface area contributed by atoms with Gasteiger partial charge in [-0.2, -0.15) is 0 Å². The van der Waals surface area contributed by atoms with E-state index in [0.717, 1.165) is 22.8 Å². The van der Waals surface area contributed by atoms with E-state index in [4.69, 9.17) is 17.0 Å². The van der Waals surface area contributed by atoms with Gasteiger partial charge >= 0.3 is 0 Å². The SMILES string of the molecule is Cc1ccc(-n2cccc2[C@H]2[C@H](c3ccccn3)NC(=S)N2c2ccc(NC(=O)COc3ccccc3)cc2)cc1. The van der Waals surface area contributed by atoms with Crippen LogP contribution in [0.5, 0.6) is 5.75 Å². The molecule has 1 saturated heterocycles. The molecule has 8 heteroatoms. The summed E-state index contributed by atoms with van der Waals surface area (Å²) in [7, 11) is 0. The number of aryl methyl sites for hydroxylation is 1. The average Bonchev–Trinajstić information content (AvgIpc) is 3.62. The number of para-hydroxylation sites is 1. The number of ether oxygens (including phenoxy) is 1. The molecule has 0 unspecified atom stereocenters. The zero-order valence-electron chi connectivity index (χ0n) is 22.5. The lowest BCUT2D eigenvalue weighted by Crippen LogP contribution is -2.30. The molecule has 1 aliphatic heterocycles. The lowest BCUT2D eigenvalue weighted by Gasteiger charge is -2.29. The van der Waals surface area contributed by atoms with Gasteiger partial charge in [-0.25, -0.2) is 0 Å². The van der Waals surface area contributed by atoms with Crippen molar-refractivity contribution in [1.82, 2.24) is 14.9 Å². The number of hydrogen-bond donors (Lipinski definition) is 2. The Kier molecular flexibility index (Phi) is 7.47.